The van der Waals surface area contributed by atoms with Gasteiger partial charge >= 0.3 is 6.03 Å². The molecule has 4 heteroatoms. The van der Waals surface area contributed by atoms with Crippen LogP contribution in [-0.2, 0) is 4.79 Å². The van der Waals surface area contributed by atoms with E-state index in [1.54, 1.807) is 14.0 Å². The molecule has 1 rings (SSSR count). The second kappa shape index (κ2) is 4.74. The summed E-state index contributed by atoms with van der Waals surface area (Å²) in [5.74, 6) is -0.102. The highest BCUT2D eigenvalue weighted by molar-refractivity contribution is 6.01. The summed E-state index contributed by atoms with van der Waals surface area (Å²) in [6.45, 7) is 6.49. The molecule has 0 bridgehead atoms. The van der Waals surface area contributed by atoms with E-state index in [9.17, 15) is 9.59 Å². The van der Waals surface area contributed by atoms with Gasteiger partial charge in [-0.2, -0.15) is 0 Å². The highest BCUT2D eigenvalue weighted by Crippen LogP contribution is 2.05. The average Bonchev–Trinajstić information content (AvgIpc) is 2.31. The van der Waals surface area contributed by atoms with E-state index in [1.807, 2.05) is 13.8 Å². The number of hydrogen-bond acceptors (Lipinski definition) is 2. The molecule has 3 amide bonds. The molecule has 0 aromatic rings. The molecule has 1 saturated heterocycles. The highest BCUT2D eigenvalue weighted by atomic mass is 16.2. The number of nitrogens with zero attached hydrogens (tertiary/aromatic N) is 2. The molecule has 0 aromatic carbocycles. The maximum absolute atomic E-state index is 11.0. The Balaban J connectivity index is 0.000000561. The smallest absolute Gasteiger partial charge is 0.318 e. The fraction of sp³-hybridized carbons (Fsp3) is 0.750. The first-order valence-corrected chi connectivity index (χ1v) is 4.22. The predicted molar refractivity (Wildman–Crippen MR) is 46.8 cm³/mol. The fourth-order valence-electron chi connectivity index (χ4n) is 0.980. The Bertz CT molecular complexity index is 180. The molecule has 1 heterocycles. The molecular formula is C8H16N2O2. The van der Waals surface area contributed by atoms with Gasteiger partial charge in [-0.25, -0.2) is 4.79 Å². The van der Waals surface area contributed by atoms with Gasteiger partial charge in [-0.05, 0) is 6.92 Å². The van der Waals surface area contributed by atoms with Crippen molar-refractivity contribution in [1.82, 2.24) is 9.80 Å². The second-order valence-corrected chi connectivity index (χ2v) is 2.28. The minimum Gasteiger partial charge on any atom is -0.318 e. The van der Waals surface area contributed by atoms with E-state index < -0.39 is 0 Å². The summed E-state index contributed by atoms with van der Waals surface area (Å²) >= 11 is 0. The van der Waals surface area contributed by atoms with E-state index in [-0.39, 0.29) is 18.5 Å². The minimum absolute atomic E-state index is 0.102. The molecule has 0 N–H and O–H groups in total. The van der Waals surface area contributed by atoms with Crippen LogP contribution in [0.25, 0.3) is 0 Å². The van der Waals surface area contributed by atoms with Crippen LogP contribution < -0.4 is 0 Å². The normalized spacial score (nSPS) is 16.3. The SMILES string of the molecule is CC.CCN1C(=O)CN(C)C1=O. The van der Waals surface area contributed by atoms with Gasteiger partial charge in [0.25, 0.3) is 0 Å². The molecule has 0 unspecified atom stereocenters. The van der Waals surface area contributed by atoms with E-state index in [0.29, 0.717) is 6.54 Å². The quantitative estimate of drug-likeness (QED) is 0.552. The fourth-order valence-corrected chi connectivity index (χ4v) is 0.980. The maximum atomic E-state index is 11.0. The van der Waals surface area contributed by atoms with Gasteiger partial charge in [0, 0.05) is 13.6 Å². The van der Waals surface area contributed by atoms with Crippen molar-refractivity contribution in [2.24, 2.45) is 0 Å². The molecule has 1 aliphatic rings. The summed E-state index contributed by atoms with van der Waals surface area (Å²) in [6, 6.07) is -0.187. The van der Waals surface area contributed by atoms with Crippen molar-refractivity contribution >= 4 is 11.9 Å². The standard InChI is InChI=1S/C6H10N2O2.C2H6/c1-3-8-5(9)4-7(2)6(8)10;1-2/h3-4H2,1-2H3;1-2H3. The lowest BCUT2D eigenvalue weighted by Crippen LogP contribution is -2.31. The molecular weight excluding hydrogens is 156 g/mol. The molecule has 70 valence electrons. The van der Waals surface area contributed by atoms with Crippen LogP contribution in [0.15, 0.2) is 0 Å². The topological polar surface area (TPSA) is 40.6 Å². The Kier molecular flexibility index (Phi) is 4.33. The van der Waals surface area contributed by atoms with Crippen molar-refractivity contribution in [3.05, 3.63) is 0 Å². The molecule has 1 fully saturated rings. The first kappa shape index (κ1) is 10.9. The van der Waals surface area contributed by atoms with Gasteiger partial charge in [-0.3, -0.25) is 9.69 Å². The summed E-state index contributed by atoms with van der Waals surface area (Å²) in [5, 5.41) is 0. The first-order valence-electron chi connectivity index (χ1n) is 4.22. The van der Waals surface area contributed by atoms with Crippen LogP contribution in [0.2, 0.25) is 0 Å². The number of urea groups is 1. The lowest BCUT2D eigenvalue weighted by molar-refractivity contribution is -0.125. The highest BCUT2D eigenvalue weighted by Gasteiger charge is 2.31. The van der Waals surface area contributed by atoms with Crippen molar-refractivity contribution in [2.75, 3.05) is 20.1 Å². The Labute approximate surface area is 73.1 Å². The van der Waals surface area contributed by atoms with Crippen LogP contribution in [0.4, 0.5) is 4.79 Å². The van der Waals surface area contributed by atoms with Gasteiger partial charge in [0.05, 0.1) is 0 Å². The monoisotopic (exact) mass is 172 g/mol. The van der Waals surface area contributed by atoms with E-state index in [4.69, 9.17) is 0 Å². The summed E-state index contributed by atoms with van der Waals surface area (Å²) < 4.78 is 0. The van der Waals surface area contributed by atoms with E-state index >= 15 is 0 Å². The molecule has 1 aliphatic heterocycles. The number of carbonyl (C=O) groups is 2. The van der Waals surface area contributed by atoms with Crippen LogP contribution in [0.3, 0.4) is 0 Å². The lowest BCUT2D eigenvalue weighted by atomic mass is 10.5. The Morgan fingerprint density at radius 1 is 1.33 bits per heavy atom. The van der Waals surface area contributed by atoms with Crippen molar-refractivity contribution in [2.45, 2.75) is 20.8 Å². The van der Waals surface area contributed by atoms with Crippen LogP contribution in [0, 0.1) is 0 Å². The van der Waals surface area contributed by atoms with Crippen molar-refractivity contribution in [3.63, 3.8) is 0 Å². The zero-order chi connectivity index (χ0) is 9.72. The summed E-state index contributed by atoms with van der Waals surface area (Å²) in [6.07, 6.45) is 0. The minimum atomic E-state index is -0.187. The Hall–Kier alpha value is -1.06. The number of rotatable bonds is 1. The largest absolute Gasteiger partial charge is 0.326 e. The van der Waals surface area contributed by atoms with Gasteiger partial charge in [0.2, 0.25) is 5.91 Å². The Morgan fingerprint density at radius 3 is 2.00 bits per heavy atom. The molecule has 0 radical (unpaired) electrons. The number of likely N-dealkylation sites (N-methyl/N-ethyl adjacent to an activating group) is 2. The third-order valence-electron chi connectivity index (χ3n) is 1.55. The zero-order valence-corrected chi connectivity index (χ0v) is 8.13. The molecule has 0 aliphatic carbocycles. The first-order chi connectivity index (χ1) is 5.66. The number of carbonyl (C=O) groups excluding carboxylic acids is 2. The van der Waals surface area contributed by atoms with Gasteiger partial charge in [0.1, 0.15) is 6.54 Å². The van der Waals surface area contributed by atoms with Crippen LogP contribution in [0.1, 0.15) is 20.8 Å². The van der Waals surface area contributed by atoms with E-state index in [1.165, 1.54) is 9.80 Å². The van der Waals surface area contributed by atoms with Gasteiger partial charge in [-0.15, -0.1) is 0 Å². The number of amides is 3. The van der Waals surface area contributed by atoms with Gasteiger partial charge in [0.15, 0.2) is 0 Å². The lowest BCUT2D eigenvalue weighted by Gasteiger charge is -2.09. The van der Waals surface area contributed by atoms with Gasteiger partial charge < -0.3 is 4.90 Å². The predicted octanol–water partition coefficient (Wildman–Crippen LogP) is 0.927. The van der Waals surface area contributed by atoms with Crippen LogP contribution >= 0.6 is 0 Å². The third kappa shape index (κ3) is 1.96. The van der Waals surface area contributed by atoms with Gasteiger partial charge in [-0.1, -0.05) is 13.8 Å². The summed E-state index contributed by atoms with van der Waals surface area (Å²) in [5.41, 5.74) is 0. The average molecular weight is 172 g/mol. The number of imide groups is 1. The van der Waals surface area contributed by atoms with E-state index in [2.05, 4.69) is 0 Å². The zero-order valence-electron chi connectivity index (χ0n) is 8.13. The molecule has 12 heavy (non-hydrogen) atoms. The molecule has 0 spiro atoms. The van der Waals surface area contributed by atoms with Crippen molar-refractivity contribution in [3.8, 4) is 0 Å². The molecule has 0 aromatic heterocycles. The maximum Gasteiger partial charge on any atom is 0.326 e. The summed E-state index contributed by atoms with van der Waals surface area (Å²) in [7, 11) is 1.62. The third-order valence-corrected chi connectivity index (χ3v) is 1.55. The van der Waals surface area contributed by atoms with E-state index in [0.717, 1.165) is 0 Å². The van der Waals surface area contributed by atoms with Crippen molar-refractivity contribution in [1.29, 1.82) is 0 Å². The van der Waals surface area contributed by atoms with Crippen LogP contribution in [-0.4, -0.2) is 41.9 Å². The van der Waals surface area contributed by atoms with Crippen LogP contribution in [0.5, 0.6) is 0 Å². The molecule has 0 atom stereocenters. The Morgan fingerprint density at radius 2 is 1.83 bits per heavy atom. The second-order valence-electron chi connectivity index (χ2n) is 2.28. The number of hydrogen-bond donors (Lipinski definition) is 0. The molecule has 0 saturated carbocycles. The summed E-state index contributed by atoms with van der Waals surface area (Å²) in [4.78, 5) is 24.5. The molecule has 4 nitrogen and oxygen atoms in total. The van der Waals surface area contributed by atoms with Crippen molar-refractivity contribution < 1.29 is 9.59 Å².